The minimum absolute atomic E-state index is 0.248. The summed E-state index contributed by atoms with van der Waals surface area (Å²) in [6.07, 6.45) is 0.805. The van der Waals surface area contributed by atoms with Gasteiger partial charge in [-0.15, -0.1) is 0 Å². The van der Waals surface area contributed by atoms with E-state index in [1.165, 1.54) is 0 Å². The zero-order chi connectivity index (χ0) is 16.9. The van der Waals surface area contributed by atoms with E-state index in [1.807, 2.05) is 32.0 Å². The van der Waals surface area contributed by atoms with Crippen molar-refractivity contribution in [1.29, 1.82) is 0 Å². The fourth-order valence-electron chi connectivity index (χ4n) is 2.30. The number of nitrogens with one attached hydrogen (secondary N) is 1. The van der Waals surface area contributed by atoms with Gasteiger partial charge in [0.05, 0.1) is 6.61 Å². The monoisotopic (exact) mass is 321 g/mol. The summed E-state index contributed by atoms with van der Waals surface area (Å²) in [5.74, 6) is -0.789. The predicted octanol–water partition coefficient (Wildman–Crippen LogP) is 1.89. The molecule has 1 fully saturated rings. The Morgan fingerprint density at radius 2 is 2.04 bits per heavy atom. The molecule has 1 aliphatic rings. The van der Waals surface area contributed by atoms with E-state index < -0.39 is 17.3 Å². The molecular weight excluding hydrogens is 298 g/mol. The Morgan fingerprint density at radius 1 is 1.30 bits per heavy atom. The summed E-state index contributed by atoms with van der Waals surface area (Å²) in [4.78, 5) is 23.2. The van der Waals surface area contributed by atoms with Crippen LogP contribution in [0.4, 0.5) is 0 Å². The van der Waals surface area contributed by atoms with Crippen molar-refractivity contribution in [3.05, 3.63) is 29.3 Å². The summed E-state index contributed by atoms with van der Waals surface area (Å²) in [5, 5.41) is 11.8. The SMILES string of the molecule is CCOCCOc1cc(C)ccc1CNC(=O)C1(C(=O)O)CC1. The number of amides is 1. The van der Waals surface area contributed by atoms with Gasteiger partial charge in [-0.1, -0.05) is 12.1 Å². The Kier molecular flexibility index (Phi) is 5.60. The van der Waals surface area contributed by atoms with Crippen LogP contribution in [-0.2, 0) is 20.9 Å². The number of ether oxygens (including phenoxy) is 2. The van der Waals surface area contributed by atoms with Crippen LogP contribution in [0.25, 0.3) is 0 Å². The van der Waals surface area contributed by atoms with Crippen LogP contribution in [0.2, 0.25) is 0 Å². The number of hydrogen-bond acceptors (Lipinski definition) is 4. The molecule has 23 heavy (non-hydrogen) atoms. The second-order valence-electron chi connectivity index (χ2n) is 5.73. The molecule has 0 aromatic heterocycles. The van der Waals surface area contributed by atoms with E-state index in [9.17, 15) is 9.59 Å². The quantitative estimate of drug-likeness (QED) is 0.536. The van der Waals surface area contributed by atoms with Crippen molar-refractivity contribution >= 4 is 11.9 Å². The molecule has 1 amide bonds. The average Bonchev–Trinajstić information content (AvgIpc) is 3.32. The van der Waals surface area contributed by atoms with Gasteiger partial charge in [0.15, 0.2) is 0 Å². The van der Waals surface area contributed by atoms with Gasteiger partial charge in [-0.3, -0.25) is 9.59 Å². The molecule has 0 heterocycles. The number of carboxylic acids is 1. The van der Waals surface area contributed by atoms with Gasteiger partial charge >= 0.3 is 5.97 Å². The van der Waals surface area contributed by atoms with Gasteiger partial charge in [0, 0.05) is 18.7 Å². The van der Waals surface area contributed by atoms with Crippen molar-refractivity contribution in [3.63, 3.8) is 0 Å². The minimum Gasteiger partial charge on any atom is -0.491 e. The molecule has 0 saturated heterocycles. The van der Waals surface area contributed by atoms with E-state index in [2.05, 4.69) is 5.32 Å². The van der Waals surface area contributed by atoms with E-state index in [0.717, 1.165) is 11.1 Å². The summed E-state index contributed by atoms with van der Waals surface area (Å²) >= 11 is 0. The largest absolute Gasteiger partial charge is 0.491 e. The molecule has 2 N–H and O–H groups in total. The molecule has 1 saturated carbocycles. The van der Waals surface area contributed by atoms with Crippen LogP contribution in [0.1, 0.15) is 30.9 Å². The summed E-state index contributed by atoms with van der Waals surface area (Å²) in [6, 6.07) is 5.71. The zero-order valence-electron chi connectivity index (χ0n) is 13.6. The summed E-state index contributed by atoms with van der Waals surface area (Å²) in [7, 11) is 0. The molecule has 6 heteroatoms. The molecule has 0 bridgehead atoms. The normalized spacial score (nSPS) is 15.0. The Bertz CT molecular complexity index is 580. The lowest BCUT2D eigenvalue weighted by Crippen LogP contribution is -2.36. The molecule has 0 atom stereocenters. The first-order valence-corrected chi connectivity index (χ1v) is 7.81. The lowest BCUT2D eigenvalue weighted by Gasteiger charge is -2.15. The maximum atomic E-state index is 12.1. The average molecular weight is 321 g/mol. The molecule has 0 aliphatic heterocycles. The summed E-state index contributed by atoms with van der Waals surface area (Å²) in [6.45, 7) is 5.69. The van der Waals surface area contributed by atoms with E-state index in [1.54, 1.807) is 0 Å². The van der Waals surface area contributed by atoms with Crippen LogP contribution < -0.4 is 10.1 Å². The number of carbonyl (C=O) groups is 2. The van der Waals surface area contributed by atoms with Gasteiger partial charge in [0.1, 0.15) is 17.8 Å². The van der Waals surface area contributed by atoms with Crippen molar-refractivity contribution < 1.29 is 24.2 Å². The highest BCUT2D eigenvalue weighted by Crippen LogP contribution is 2.46. The molecule has 0 unspecified atom stereocenters. The first-order chi connectivity index (χ1) is 11.0. The smallest absolute Gasteiger partial charge is 0.319 e. The first kappa shape index (κ1) is 17.3. The lowest BCUT2D eigenvalue weighted by molar-refractivity contribution is -0.149. The van der Waals surface area contributed by atoms with Crippen molar-refractivity contribution in [3.8, 4) is 5.75 Å². The Morgan fingerprint density at radius 3 is 2.65 bits per heavy atom. The molecular formula is C17H23NO5. The lowest BCUT2D eigenvalue weighted by atomic mass is 10.1. The van der Waals surface area contributed by atoms with Gasteiger partial charge in [-0.05, 0) is 38.3 Å². The molecule has 0 spiro atoms. The van der Waals surface area contributed by atoms with Crippen molar-refractivity contribution in [2.24, 2.45) is 5.41 Å². The topological polar surface area (TPSA) is 84.9 Å². The molecule has 6 nitrogen and oxygen atoms in total. The molecule has 2 rings (SSSR count). The van der Waals surface area contributed by atoms with E-state index in [-0.39, 0.29) is 6.54 Å². The van der Waals surface area contributed by atoms with Crippen LogP contribution in [0.5, 0.6) is 5.75 Å². The Hall–Kier alpha value is -2.08. The van der Waals surface area contributed by atoms with Gasteiger partial charge < -0.3 is 19.9 Å². The highest BCUT2D eigenvalue weighted by molar-refractivity contribution is 6.04. The number of hydrogen-bond donors (Lipinski definition) is 2. The minimum atomic E-state index is -1.22. The number of aliphatic carboxylic acids is 1. The van der Waals surface area contributed by atoms with Crippen LogP contribution in [0.15, 0.2) is 18.2 Å². The van der Waals surface area contributed by atoms with Gasteiger partial charge in [-0.2, -0.15) is 0 Å². The number of carboxylic acid groups (broad SMARTS) is 1. The highest BCUT2D eigenvalue weighted by atomic mass is 16.5. The summed E-state index contributed by atoms with van der Waals surface area (Å²) in [5.41, 5.74) is 0.651. The van der Waals surface area contributed by atoms with E-state index >= 15 is 0 Å². The van der Waals surface area contributed by atoms with Crippen LogP contribution in [0, 0.1) is 12.3 Å². The Labute approximate surface area is 135 Å². The predicted molar refractivity (Wildman–Crippen MR) is 84.3 cm³/mol. The molecule has 126 valence electrons. The van der Waals surface area contributed by atoms with Crippen LogP contribution in [0.3, 0.4) is 0 Å². The van der Waals surface area contributed by atoms with Gasteiger partial charge in [0.2, 0.25) is 5.91 Å². The molecule has 1 aromatic rings. The number of rotatable bonds is 9. The third-order valence-electron chi connectivity index (χ3n) is 3.95. The molecule has 1 aliphatic carbocycles. The second kappa shape index (κ2) is 7.46. The van der Waals surface area contributed by atoms with Gasteiger partial charge in [-0.25, -0.2) is 0 Å². The number of benzene rings is 1. The fourth-order valence-corrected chi connectivity index (χ4v) is 2.30. The van der Waals surface area contributed by atoms with Gasteiger partial charge in [0.25, 0.3) is 0 Å². The molecule has 0 radical (unpaired) electrons. The first-order valence-electron chi connectivity index (χ1n) is 7.81. The van der Waals surface area contributed by atoms with Crippen LogP contribution >= 0.6 is 0 Å². The van der Waals surface area contributed by atoms with Crippen molar-refractivity contribution in [2.45, 2.75) is 33.2 Å². The van der Waals surface area contributed by atoms with Crippen molar-refractivity contribution in [2.75, 3.05) is 19.8 Å². The fraction of sp³-hybridized carbons (Fsp3) is 0.529. The number of carbonyl (C=O) groups excluding carboxylic acids is 1. The zero-order valence-corrected chi connectivity index (χ0v) is 13.6. The third kappa shape index (κ3) is 4.22. The highest BCUT2D eigenvalue weighted by Gasteiger charge is 2.56. The van der Waals surface area contributed by atoms with Crippen LogP contribution in [-0.4, -0.2) is 36.8 Å². The number of aryl methyl sites for hydroxylation is 1. The van der Waals surface area contributed by atoms with E-state index in [4.69, 9.17) is 14.6 Å². The standard InChI is InChI=1S/C17H23NO5/c1-3-22-8-9-23-14-10-12(2)4-5-13(14)11-18-15(19)17(6-7-17)16(20)21/h4-5,10H,3,6-9,11H2,1-2H3,(H,18,19)(H,20,21). The maximum absolute atomic E-state index is 12.1. The second-order valence-corrected chi connectivity index (χ2v) is 5.73. The maximum Gasteiger partial charge on any atom is 0.319 e. The Balaban J connectivity index is 1.96. The van der Waals surface area contributed by atoms with Crippen molar-refractivity contribution in [1.82, 2.24) is 5.32 Å². The van der Waals surface area contributed by atoms with E-state index in [0.29, 0.717) is 38.4 Å². The third-order valence-corrected chi connectivity index (χ3v) is 3.95. The molecule has 1 aromatic carbocycles. The summed E-state index contributed by atoms with van der Waals surface area (Å²) < 4.78 is 11.0.